The predicted molar refractivity (Wildman–Crippen MR) is 82.9 cm³/mol. The minimum Gasteiger partial charge on any atom is -0.398 e. The summed E-state index contributed by atoms with van der Waals surface area (Å²) in [4.78, 5) is 25.7. The number of ether oxygens (including phenoxy) is 1. The quantitative estimate of drug-likeness (QED) is 0.789. The molecule has 0 unspecified atom stereocenters. The molecule has 0 bridgehead atoms. The van der Waals surface area contributed by atoms with E-state index < -0.39 is 0 Å². The third kappa shape index (κ3) is 4.44. The van der Waals surface area contributed by atoms with Crippen molar-refractivity contribution in [1.82, 2.24) is 10.2 Å². The predicted octanol–water partition coefficient (Wildman–Crippen LogP) is 1.01. The number of rotatable bonds is 4. The summed E-state index contributed by atoms with van der Waals surface area (Å²) in [6.07, 6.45) is 0.280. The van der Waals surface area contributed by atoms with Crippen LogP contribution in [0.2, 0.25) is 0 Å². The van der Waals surface area contributed by atoms with Crippen LogP contribution in [0.15, 0.2) is 22.7 Å². The number of morpholine rings is 1. The van der Waals surface area contributed by atoms with Crippen molar-refractivity contribution in [2.24, 2.45) is 0 Å². The van der Waals surface area contributed by atoms with Gasteiger partial charge < -0.3 is 20.7 Å². The first-order valence-electron chi connectivity index (χ1n) is 6.76. The molecule has 0 saturated carbocycles. The number of anilines is 1. The zero-order valence-corrected chi connectivity index (χ0v) is 13.2. The van der Waals surface area contributed by atoms with Gasteiger partial charge in [0.15, 0.2) is 0 Å². The monoisotopic (exact) mass is 355 g/mol. The fourth-order valence-corrected chi connectivity index (χ4v) is 2.47. The molecule has 1 aliphatic heterocycles. The average molecular weight is 356 g/mol. The molecular formula is C14H18BrN3O3. The number of amides is 2. The normalized spacial score (nSPS) is 14.8. The maximum Gasteiger partial charge on any atom is 0.253 e. The molecule has 2 amide bonds. The van der Waals surface area contributed by atoms with Crippen LogP contribution in [0.1, 0.15) is 16.8 Å². The third-order valence-corrected chi connectivity index (χ3v) is 3.74. The van der Waals surface area contributed by atoms with E-state index in [2.05, 4.69) is 21.2 Å². The Kier molecular flexibility index (Phi) is 5.58. The van der Waals surface area contributed by atoms with Crippen molar-refractivity contribution in [2.45, 2.75) is 6.42 Å². The van der Waals surface area contributed by atoms with Gasteiger partial charge in [-0.15, -0.1) is 0 Å². The molecule has 1 heterocycles. The smallest absolute Gasteiger partial charge is 0.253 e. The van der Waals surface area contributed by atoms with Crippen LogP contribution in [0.4, 0.5) is 5.69 Å². The molecule has 7 heteroatoms. The van der Waals surface area contributed by atoms with E-state index in [4.69, 9.17) is 10.5 Å². The van der Waals surface area contributed by atoms with Crippen molar-refractivity contribution in [2.75, 3.05) is 38.6 Å². The van der Waals surface area contributed by atoms with Gasteiger partial charge in [-0.3, -0.25) is 9.59 Å². The van der Waals surface area contributed by atoms with E-state index in [1.165, 1.54) is 0 Å². The largest absolute Gasteiger partial charge is 0.398 e. The topological polar surface area (TPSA) is 84.7 Å². The number of halogens is 1. The highest BCUT2D eigenvalue weighted by atomic mass is 79.9. The lowest BCUT2D eigenvalue weighted by atomic mass is 10.1. The molecule has 1 saturated heterocycles. The SMILES string of the molecule is Nc1cc(Br)ccc1C(=O)NCCC(=O)N1CCOCC1. The molecule has 0 spiro atoms. The number of hydrogen-bond donors (Lipinski definition) is 2. The van der Waals surface area contributed by atoms with E-state index in [-0.39, 0.29) is 18.2 Å². The summed E-state index contributed by atoms with van der Waals surface area (Å²) in [6.45, 7) is 2.68. The lowest BCUT2D eigenvalue weighted by Crippen LogP contribution is -2.42. The van der Waals surface area contributed by atoms with Crippen LogP contribution < -0.4 is 11.1 Å². The molecule has 1 aromatic carbocycles. The zero-order chi connectivity index (χ0) is 15.2. The summed E-state index contributed by atoms with van der Waals surface area (Å²) < 4.78 is 6.01. The summed E-state index contributed by atoms with van der Waals surface area (Å²) in [5, 5.41) is 2.72. The van der Waals surface area contributed by atoms with Gasteiger partial charge in [-0.25, -0.2) is 0 Å². The van der Waals surface area contributed by atoms with Crippen LogP contribution in [0.5, 0.6) is 0 Å². The molecule has 0 aliphatic carbocycles. The number of nitrogens with two attached hydrogens (primary N) is 1. The first kappa shape index (κ1) is 15.8. The second kappa shape index (κ2) is 7.42. The Hall–Kier alpha value is -1.60. The maximum atomic E-state index is 12.0. The Morgan fingerprint density at radius 3 is 2.71 bits per heavy atom. The van der Waals surface area contributed by atoms with Crippen LogP contribution in [-0.2, 0) is 9.53 Å². The number of nitrogen functional groups attached to an aromatic ring is 1. The Labute approximate surface area is 131 Å². The fourth-order valence-electron chi connectivity index (χ4n) is 2.09. The summed E-state index contributed by atoms with van der Waals surface area (Å²) in [7, 11) is 0. The summed E-state index contributed by atoms with van der Waals surface area (Å²) in [5.74, 6) is -0.239. The van der Waals surface area contributed by atoms with Gasteiger partial charge in [0.25, 0.3) is 5.91 Å². The summed E-state index contributed by atoms with van der Waals surface area (Å²) in [5.41, 5.74) is 6.61. The molecule has 0 radical (unpaired) electrons. The second-order valence-electron chi connectivity index (χ2n) is 4.73. The van der Waals surface area contributed by atoms with Gasteiger partial charge in [0.05, 0.1) is 18.8 Å². The minimum atomic E-state index is -0.269. The highest BCUT2D eigenvalue weighted by Crippen LogP contribution is 2.18. The average Bonchev–Trinajstić information content (AvgIpc) is 2.47. The van der Waals surface area contributed by atoms with Crippen molar-refractivity contribution in [1.29, 1.82) is 0 Å². The fraction of sp³-hybridized carbons (Fsp3) is 0.429. The van der Waals surface area contributed by atoms with Gasteiger partial charge >= 0.3 is 0 Å². The van der Waals surface area contributed by atoms with E-state index >= 15 is 0 Å². The molecule has 1 fully saturated rings. The van der Waals surface area contributed by atoms with Gasteiger partial charge in [0, 0.05) is 36.2 Å². The van der Waals surface area contributed by atoms with E-state index in [1.807, 2.05) is 0 Å². The van der Waals surface area contributed by atoms with Crippen LogP contribution in [0.3, 0.4) is 0 Å². The number of hydrogen-bond acceptors (Lipinski definition) is 4. The Balaban J connectivity index is 1.79. The highest BCUT2D eigenvalue weighted by Gasteiger charge is 2.17. The Morgan fingerprint density at radius 2 is 2.05 bits per heavy atom. The molecule has 1 aromatic rings. The van der Waals surface area contributed by atoms with Crippen molar-refractivity contribution < 1.29 is 14.3 Å². The van der Waals surface area contributed by atoms with Gasteiger partial charge in [0.1, 0.15) is 0 Å². The van der Waals surface area contributed by atoms with Crippen LogP contribution >= 0.6 is 15.9 Å². The minimum absolute atomic E-state index is 0.0300. The second-order valence-corrected chi connectivity index (χ2v) is 5.65. The summed E-state index contributed by atoms with van der Waals surface area (Å²) >= 11 is 3.29. The first-order chi connectivity index (χ1) is 10.1. The number of carbonyl (C=O) groups excluding carboxylic acids is 2. The van der Waals surface area contributed by atoms with Crippen LogP contribution in [0.25, 0.3) is 0 Å². The molecule has 21 heavy (non-hydrogen) atoms. The van der Waals surface area contributed by atoms with Crippen molar-refractivity contribution in [3.63, 3.8) is 0 Å². The van der Waals surface area contributed by atoms with Crippen molar-refractivity contribution in [3.8, 4) is 0 Å². The van der Waals surface area contributed by atoms with Crippen LogP contribution in [0, 0.1) is 0 Å². The molecule has 6 nitrogen and oxygen atoms in total. The van der Waals surface area contributed by atoms with Crippen molar-refractivity contribution in [3.05, 3.63) is 28.2 Å². The maximum absolute atomic E-state index is 12.0. The molecule has 1 aliphatic rings. The van der Waals surface area contributed by atoms with Gasteiger partial charge in [0.2, 0.25) is 5.91 Å². The van der Waals surface area contributed by atoms with Gasteiger partial charge in [-0.2, -0.15) is 0 Å². The summed E-state index contributed by atoms with van der Waals surface area (Å²) in [6, 6.07) is 5.08. The lowest BCUT2D eigenvalue weighted by Gasteiger charge is -2.26. The van der Waals surface area contributed by atoms with E-state index in [0.29, 0.717) is 44.1 Å². The molecule has 3 N–H and O–H groups in total. The zero-order valence-electron chi connectivity index (χ0n) is 11.6. The van der Waals surface area contributed by atoms with E-state index in [1.54, 1.807) is 23.1 Å². The molecule has 0 aromatic heterocycles. The molecule has 0 atom stereocenters. The lowest BCUT2D eigenvalue weighted by molar-refractivity contribution is -0.135. The standard InChI is InChI=1S/C14H18BrN3O3/c15-10-1-2-11(12(16)9-10)14(20)17-4-3-13(19)18-5-7-21-8-6-18/h1-2,9H,3-8,16H2,(H,17,20). The molecule has 2 rings (SSSR count). The Bertz CT molecular complexity index is 530. The third-order valence-electron chi connectivity index (χ3n) is 3.25. The van der Waals surface area contributed by atoms with E-state index in [0.717, 1.165) is 4.47 Å². The molecular weight excluding hydrogens is 338 g/mol. The van der Waals surface area contributed by atoms with Gasteiger partial charge in [-0.05, 0) is 18.2 Å². The number of carbonyl (C=O) groups is 2. The number of nitrogens with one attached hydrogen (secondary N) is 1. The highest BCUT2D eigenvalue weighted by molar-refractivity contribution is 9.10. The Morgan fingerprint density at radius 1 is 1.33 bits per heavy atom. The molecule has 114 valence electrons. The van der Waals surface area contributed by atoms with Crippen molar-refractivity contribution >= 4 is 33.4 Å². The van der Waals surface area contributed by atoms with Crippen LogP contribution in [-0.4, -0.2) is 49.6 Å². The first-order valence-corrected chi connectivity index (χ1v) is 7.56. The number of nitrogens with zero attached hydrogens (tertiary/aromatic N) is 1. The number of benzene rings is 1. The van der Waals surface area contributed by atoms with Gasteiger partial charge in [-0.1, -0.05) is 15.9 Å². The van der Waals surface area contributed by atoms with E-state index in [9.17, 15) is 9.59 Å².